The Morgan fingerprint density at radius 1 is 0.424 bits per heavy atom. The Morgan fingerprint density at radius 2 is 0.776 bits per heavy atom. The Hall–Kier alpha value is -1.99. The molecule has 3 rings (SSSR count). The molecule has 12 N–H and O–H groups in total. The maximum Gasteiger partial charge on any atom is 0.220 e. The molecule has 3 fully saturated rings. The van der Waals surface area contributed by atoms with E-state index in [9.17, 15) is 61.0 Å². The number of aliphatic hydroxyl groups excluding tert-OH is 11. The van der Waals surface area contributed by atoms with Gasteiger partial charge in [0.1, 0.15) is 73.2 Å². The Kier molecular flexibility index (Phi) is 44.4. The summed E-state index contributed by atoms with van der Waals surface area (Å²) < 4.78 is 34.2. The van der Waals surface area contributed by atoms with Crippen LogP contribution in [0.4, 0.5) is 0 Å². The number of hydrogen-bond acceptors (Lipinski definition) is 18. The van der Waals surface area contributed by atoms with Crippen LogP contribution in [0, 0.1) is 0 Å². The van der Waals surface area contributed by atoms with Crippen LogP contribution < -0.4 is 5.32 Å². The van der Waals surface area contributed by atoms with Gasteiger partial charge in [0.15, 0.2) is 18.9 Å². The number of hydrogen-bond donors (Lipinski definition) is 12. The van der Waals surface area contributed by atoms with Crippen LogP contribution in [-0.4, -0.2) is 193 Å². The molecule has 17 unspecified atom stereocenters. The average molecular weight is 1220 g/mol. The van der Waals surface area contributed by atoms with Gasteiger partial charge in [-0.25, -0.2) is 0 Å². The maximum absolute atomic E-state index is 13.3. The van der Waals surface area contributed by atoms with Crippen LogP contribution in [0.1, 0.15) is 245 Å². The van der Waals surface area contributed by atoms with E-state index in [1.165, 1.54) is 141 Å². The summed E-state index contributed by atoms with van der Waals surface area (Å²) in [6.45, 7) is 1.72. The predicted molar refractivity (Wildman–Crippen MR) is 328 cm³/mol. The molecule has 0 aromatic rings. The molecule has 0 aromatic heterocycles. The van der Waals surface area contributed by atoms with E-state index in [-0.39, 0.29) is 18.9 Å². The molecule has 19 nitrogen and oxygen atoms in total. The second-order valence-electron chi connectivity index (χ2n) is 24.3. The minimum absolute atomic E-state index is 0.245. The first kappa shape index (κ1) is 77.3. The fraction of sp³-hybridized carbons (Fsp3) is 0.894. The summed E-state index contributed by atoms with van der Waals surface area (Å²) in [5.74, 6) is -0.245. The molecule has 0 saturated carbocycles. The molecule has 0 aliphatic carbocycles. The van der Waals surface area contributed by atoms with Crippen molar-refractivity contribution in [3.05, 3.63) is 36.5 Å². The lowest BCUT2D eigenvalue weighted by molar-refractivity contribution is -0.379. The van der Waals surface area contributed by atoms with Crippen LogP contribution in [0.15, 0.2) is 36.5 Å². The van der Waals surface area contributed by atoms with E-state index in [0.717, 1.165) is 70.6 Å². The zero-order valence-electron chi connectivity index (χ0n) is 52.3. The standard InChI is InChI=1S/C66H121NO18/c1-3-5-7-9-11-12-13-14-15-16-17-18-19-20-21-22-23-24-25-26-27-28-29-30-31-32-33-34-35-36-38-40-42-44-54(72)67-49(50(71)43-41-39-37-10-8-6-4-2)48-80-64-60(78)57(75)62(52(46-69)82-64)85-66-61(79)58(76)63(53(47-70)83-66)84-65-59(77)56(74)55(73)51(45-68)81-65/h13-14,16-17,19-20,49-53,55-66,68-71,73-79H,3-12,15,18,21-48H2,1-2H3,(H,67,72)/b14-13-,17-16-,20-19-. The third kappa shape index (κ3) is 31.5. The number of nitrogens with one attached hydrogen (secondary N) is 1. The lowest BCUT2D eigenvalue weighted by Gasteiger charge is -2.48. The van der Waals surface area contributed by atoms with Gasteiger partial charge in [-0.05, 0) is 51.4 Å². The van der Waals surface area contributed by atoms with Crippen molar-refractivity contribution < 1.29 is 89.4 Å². The van der Waals surface area contributed by atoms with Gasteiger partial charge < -0.3 is 89.9 Å². The molecule has 3 heterocycles. The lowest BCUT2D eigenvalue weighted by Crippen LogP contribution is -2.66. The van der Waals surface area contributed by atoms with Gasteiger partial charge in [0.25, 0.3) is 0 Å². The molecule has 3 aliphatic rings. The van der Waals surface area contributed by atoms with E-state index in [4.69, 9.17) is 28.4 Å². The third-order valence-corrected chi connectivity index (χ3v) is 17.0. The number of aliphatic hydroxyl groups is 11. The van der Waals surface area contributed by atoms with Crippen LogP contribution in [0.2, 0.25) is 0 Å². The minimum atomic E-state index is -1.97. The highest BCUT2D eigenvalue weighted by molar-refractivity contribution is 5.76. The number of carbonyl (C=O) groups is 1. The molecule has 3 aliphatic heterocycles. The van der Waals surface area contributed by atoms with E-state index >= 15 is 0 Å². The first-order valence-electron chi connectivity index (χ1n) is 33.7. The Labute approximate surface area is 511 Å². The average Bonchev–Trinajstić information content (AvgIpc) is 3.70. The number of unbranched alkanes of at least 4 members (excludes halogenated alkanes) is 29. The van der Waals surface area contributed by atoms with E-state index in [1.54, 1.807) is 0 Å². The molecule has 1 amide bonds. The minimum Gasteiger partial charge on any atom is -0.394 e. The number of carbonyl (C=O) groups excluding carboxylic acids is 1. The molecule has 0 spiro atoms. The normalized spacial score (nSPS) is 29.2. The Morgan fingerprint density at radius 3 is 1.21 bits per heavy atom. The predicted octanol–water partition coefficient (Wildman–Crippen LogP) is 8.05. The highest BCUT2D eigenvalue weighted by Gasteiger charge is 2.53. The van der Waals surface area contributed by atoms with Crippen LogP contribution >= 0.6 is 0 Å². The zero-order valence-corrected chi connectivity index (χ0v) is 52.3. The van der Waals surface area contributed by atoms with Gasteiger partial charge in [-0.3, -0.25) is 4.79 Å². The summed E-state index contributed by atoms with van der Waals surface area (Å²) in [5.41, 5.74) is 0. The number of amides is 1. The van der Waals surface area contributed by atoms with Crippen LogP contribution in [-0.2, 0) is 33.2 Å². The number of allylic oxidation sites excluding steroid dienone is 6. The van der Waals surface area contributed by atoms with Crippen LogP contribution in [0.3, 0.4) is 0 Å². The first-order chi connectivity index (χ1) is 41.3. The van der Waals surface area contributed by atoms with Crippen LogP contribution in [0.5, 0.6) is 0 Å². The van der Waals surface area contributed by atoms with E-state index in [0.29, 0.717) is 12.8 Å². The highest BCUT2D eigenvalue weighted by Crippen LogP contribution is 2.33. The largest absolute Gasteiger partial charge is 0.394 e. The molecule has 0 radical (unpaired) electrons. The van der Waals surface area contributed by atoms with Gasteiger partial charge in [0.2, 0.25) is 5.91 Å². The summed E-state index contributed by atoms with van der Waals surface area (Å²) in [6, 6.07) is -0.883. The van der Waals surface area contributed by atoms with Gasteiger partial charge in [0.05, 0.1) is 38.6 Å². The lowest BCUT2D eigenvalue weighted by atomic mass is 9.96. The quantitative estimate of drug-likeness (QED) is 0.0202. The summed E-state index contributed by atoms with van der Waals surface area (Å²) in [7, 11) is 0. The van der Waals surface area contributed by atoms with Gasteiger partial charge in [-0.2, -0.15) is 0 Å². The van der Waals surface area contributed by atoms with E-state index in [2.05, 4.69) is 55.6 Å². The molecular weight excluding hydrogens is 1090 g/mol. The van der Waals surface area contributed by atoms with E-state index < -0.39 is 124 Å². The van der Waals surface area contributed by atoms with Gasteiger partial charge in [-0.15, -0.1) is 0 Å². The second kappa shape index (κ2) is 48.8. The molecule has 19 heteroatoms. The second-order valence-corrected chi connectivity index (χ2v) is 24.3. The topological polar surface area (TPSA) is 307 Å². The van der Waals surface area contributed by atoms with Crippen molar-refractivity contribution >= 4 is 5.91 Å². The SMILES string of the molecule is CCCCCCC/C=C\C/C=C\C/C=C\CCCCCCCCCCCCCCCCCCCCC(=O)NC(COC1OC(CO)C(OC2OC(CO)C(OC3OC(CO)C(O)C(O)C3O)C(O)C2O)C(O)C1O)C(O)CCCCCCCCC. The summed E-state index contributed by atoms with van der Waals surface area (Å²) in [6.07, 6.45) is 28.7. The van der Waals surface area contributed by atoms with Gasteiger partial charge in [0, 0.05) is 6.42 Å². The molecule has 0 aromatic carbocycles. The molecular formula is C66H121NO18. The fourth-order valence-electron chi connectivity index (χ4n) is 11.4. The Balaban J connectivity index is 1.30. The van der Waals surface area contributed by atoms with Crippen molar-refractivity contribution in [3.63, 3.8) is 0 Å². The molecule has 17 atom stereocenters. The first-order valence-corrected chi connectivity index (χ1v) is 33.7. The summed E-state index contributed by atoms with van der Waals surface area (Å²) >= 11 is 0. The van der Waals surface area contributed by atoms with Gasteiger partial charge in [-0.1, -0.05) is 224 Å². The van der Waals surface area contributed by atoms with Crippen molar-refractivity contribution in [2.24, 2.45) is 0 Å². The monoisotopic (exact) mass is 1220 g/mol. The highest BCUT2D eigenvalue weighted by atomic mass is 16.8. The fourth-order valence-corrected chi connectivity index (χ4v) is 11.4. The number of rotatable bonds is 51. The molecule has 0 bridgehead atoms. The summed E-state index contributed by atoms with van der Waals surface area (Å²) in [4.78, 5) is 13.3. The molecule has 85 heavy (non-hydrogen) atoms. The number of ether oxygens (including phenoxy) is 6. The Bertz CT molecular complexity index is 1690. The molecule has 498 valence electrons. The van der Waals surface area contributed by atoms with Gasteiger partial charge >= 0.3 is 0 Å². The maximum atomic E-state index is 13.3. The molecule has 3 saturated heterocycles. The third-order valence-electron chi connectivity index (χ3n) is 17.0. The van der Waals surface area contributed by atoms with Crippen molar-refractivity contribution in [2.45, 2.75) is 349 Å². The smallest absolute Gasteiger partial charge is 0.220 e. The van der Waals surface area contributed by atoms with Crippen molar-refractivity contribution in [3.8, 4) is 0 Å². The van der Waals surface area contributed by atoms with Crippen molar-refractivity contribution in [2.75, 3.05) is 26.4 Å². The van der Waals surface area contributed by atoms with E-state index in [1.807, 2.05) is 0 Å². The summed E-state index contributed by atoms with van der Waals surface area (Å²) in [5, 5.41) is 120. The van der Waals surface area contributed by atoms with Crippen LogP contribution in [0.25, 0.3) is 0 Å². The van der Waals surface area contributed by atoms with Crippen molar-refractivity contribution in [1.29, 1.82) is 0 Å². The zero-order chi connectivity index (χ0) is 61.9. The van der Waals surface area contributed by atoms with Crippen molar-refractivity contribution in [1.82, 2.24) is 5.32 Å².